The minimum absolute atomic E-state index is 0.0826. The van der Waals surface area contributed by atoms with E-state index in [9.17, 15) is 10.1 Å². The summed E-state index contributed by atoms with van der Waals surface area (Å²) in [5, 5.41) is 15.6. The molecule has 160 valence electrons. The van der Waals surface area contributed by atoms with E-state index in [0.29, 0.717) is 23.8 Å². The quantitative estimate of drug-likeness (QED) is 0.265. The van der Waals surface area contributed by atoms with Gasteiger partial charge < -0.3 is 10.2 Å². The first-order valence-electron chi connectivity index (χ1n) is 9.95. The maximum atomic E-state index is 12.2. The lowest BCUT2D eigenvalue weighted by molar-refractivity contribution is -0.383. The topological polar surface area (TPSA) is 84.2 Å². The third kappa shape index (κ3) is 5.01. The predicted molar refractivity (Wildman–Crippen MR) is 126 cm³/mol. The fourth-order valence-electron chi connectivity index (χ4n) is 3.36. The molecule has 3 aromatic carbocycles. The molecule has 0 saturated heterocycles. The Morgan fingerprint density at radius 2 is 1.41 bits per heavy atom. The number of halogens is 1. The van der Waals surface area contributed by atoms with Gasteiger partial charge in [0, 0.05) is 13.1 Å². The minimum Gasteiger partial charge on any atom is -0.342 e. The van der Waals surface area contributed by atoms with E-state index in [1.807, 2.05) is 65.6 Å². The molecule has 1 N–H and O–H groups in total. The number of nitro groups is 1. The van der Waals surface area contributed by atoms with Crippen LogP contribution in [0.25, 0.3) is 0 Å². The first-order valence-corrected chi connectivity index (χ1v) is 10.3. The zero-order valence-electron chi connectivity index (χ0n) is 17.1. The zero-order valence-corrected chi connectivity index (χ0v) is 17.8. The van der Waals surface area contributed by atoms with E-state index in [0.717, 1.165) is 11.1 Å². The fourth-order valence-corrected chi connectivity index (χ4v) is 3.55. The largest absolute Gasteiger partial charge is 0.353 e. The van der Waals surface area contributed by atoms with Gasteiger partial charge in [0.1, 0.15) is 6.33 Å². The second kappa shape index (κ2) is 9.89. The first-order chi connectivity index (χ1) is 15.6. The number of nitrogens with one attached hydrogen (secondary N) is 1. The van der Waals surface area contributed by atoms with Gasteiger partial charge in [-0.05, 0) is 23.3 Å². The van der Waals surface area contributed by atoms with Crippen molar-refractivity contribution in [3.8, 4) is 0 Å². The van der Waals surface area contributed by atoms with Crippen LogP contribution in [0.15, 0.2) is 91.3 Å². The molecular weight excluding hydrogens is 426 g/mol. The molecule has 0 amide bonds. The normalized spacial score (nSPS) is 10.5. The van der Waals surface area contributed by atoms with Crippen molar-refractivity contribution in [1.29, 1.82) is 0 Å². The number of benzene rings is 3. The fraction of sp³-hybridized carbons (Fsp3) is 0.0833. The summed E-state index contributed by atoms with van der Waals surface area (Å²) in [5.41, 5.74) is 2.34. The van der Waals surface area contributed by atoms with Crippen LogP contribution in [0.5, 0.6) is 0 Å². The Hall–Kier alpha value is -3.97. The SMILES string of the molecule is O=[N+]([O-])c1c(Nc2ccccc2Cl)ncnc1N(Cc1ccccc1)Cc1ccccc1. The molecule has 4 rings (SSSR count). The first kappa shape index (κ1) is 21.3. The molecule has 0 atom stereocenters. The Kier molecular flexibility index (Phi) is 6.57. The minimum atomic E-state index is -0.461. The zero-order chi connectivity index (χ0) is 22.3. The molecule has 0 bridgehead atoms. The summed E-state index contributed by atoms with van der Waals surface area (Å²) in [6.45, 7) is 0.887. The molecule has 4 aromatic rings. The highest BCUT2D eigenvalue weighted by atomic mass is 35.5. The Bertz CT molecular complexity index is 1160. The number of aromatic nitrogens is 2. The van der Waals surface area contributed by atoms with Crippen molar-refractivity contribution in [1.82, 2.24) is 9.97 Å². The number of hydrogen-bond donors (Lipinski definition) is 1. The van der Waals surface area contributed by atoms with Gasteiger partial charge in [0.25, 0.3) is 0 Å². The molecule has 8 heteroatoms. The Morgan fingerprint density at radius 3 is 1.97 bits per heavy atom. The average Bonchev–Trinajstić information content (AvgIpc) is 2.81. The number of hydrogen-bond acceptors (Lipinski definition) is 6. The third-order valence-corrected chi connectivity index (χ3v) is 5.17. The average molecular weight is 446 g/mol. The van der Waals surface area contributed by atoms with E-state index in [2.05, 4.69) is 15.3 Å². The Balaban J connectivity index is 1.77. The van der Waals surface area contributed by atoms with Gasteiger partial charge in [-0.1, -0.05) is 84.4 Å². The molecule has 0 spiro atoms. The van der Waals surface area contributed by atoms with Crippen LogP contribution in [0.4, 0.5) is 23.0 Å². The van der Waals surface area contributed by atoms with Crippen LogP contribution in [0.2, 0.25) is 5.02 Å². The standard InChI is InChI=1S/C24H20ClN5O2/c25-20-13-7-8-14-21(20)28-23-22(30(31)32)24(27-17-26-23)29(15-18-9-3-1-4-10-18)16-19-11-5-2-6-12-19/h1-14,17H,15-16H2,(H,26,27,28). The van der Waals surface area contributed by atoms with Gasteiger partial charge in [-0.3, -0.25) is 10.1 Å². The molecule has 0 unspecified atom stereocenters. The van der Waals surface area contributed by atoms with Crippen molar-refractivity contribution < 1.29 is 4.92 Å². The predicted octanol–water partition coefficient (Wildman–Crippen LogP) is 5.99. The van der Waals surface area contributed by atoms with Gasteiger partial charge in [-0.25, -0.2) is 9.97 Å². The van der Waals surface area contributed by atoms with Crippen LogP contribution in [0, 0.1) is 10.1 Å². The van der Waals surface area contributed by atoms with Crippen LogP contribution < -0.4 is 10.2 Å². The summed E-state index contributed by atoms with van der Waals surface area (Å²) in [6, 6.07) is 26.6. The maximum Gasteiger partial charge on any atom is 0.353 e. The molecule has 0 aliphatic carbocycles. The molecule has 0 fully saturated rings. The van der Waals surface area contributed by atoms with Gasteiger partial charge in [0.05, 0.1) is 15.6 Å². The lowest BCUT2D eigenvalue weighted by Crippen LogP contribution is -2.24. The number of para-hydroxylation sites is 1. The summed E-state index contributed by atoms with van der Waals surface area (Å²) in [6.07, 6.45) is 1.32. The van der Waals surface area contributed by atoms with Gasteiger partial charge in [0.15, 0.2) is 0 Å². The second-order valence-corrected chi connectivity index (χ2v) is 7.49. The number of nitrogens with zero attached hydrogens (tertiary/aromatic N) is 4. The summed E-state index contributed by atoms with van der Waals surface area (Å²) in [5.74, 6) is 0.312. The third-order valence-electron chi connectivity index (χ3n) is 4.84. The van der Waals surface area contributed by atoms with Crippen molar-refractivity contribution in [2.45, 2.75) is 13.1 Å². The molecule has 0 aliphatic rings. The van der Waals surface area contributed by atoms with Gasteiger partial charge >= 0.3 is 5.69 Å². The molecule has 1 heterocycles. The Morgan fingerprint density at radius 1 is 0.844 bits per heavy atom. The van der Waals surface area contributed by atoms with Crippen LogP contribution in [0.1, 0.15) is 11.1 Å². The molecule has 7 nitrogen and oxygen atoms in total. The number of anilines is 3. The molecule has 0 saturated carbocycles. The van der Waals surface area contributed by atoms with Crippen molar-refractivity contribution in [2.75, 3.05) is 10.2 Å². The van der Waals surface area contributed by atoms with Gasteiger partial charge in [0.2, 0.25) is 11.6 Å². The smallest absolute Gasteiger partial charge is 0.342 e. The number of rotatable bonds is 8. The van der Waals surface area contributed by atoms with Gasteiger partial charge in [-0.2, -0.15) is 0 Å². The second-order valence-electron chi connectivity index (χ2n) is 7.08. The highest BCUT2D eigenvalue weighted by Crippen LogP contribution is 2.36. The lowest BCUT2D eigenvalue weighted by Gasteiger charge is -2.24. The van der Waals surface area contributed by atoms with E-state index in [4.69, 9.17) is 11.6 Å². The molecule has 0 radical (unpaired) electrons. The van der Waals surface area contributed by atoms with Crippen molar-refractivity contribution in [2.24, 2.45) is 0 Å². The van der Waals surface area contributed by atoms with E-state index in [1.165, 1.54) is 6.33 Å². The summed E-state index contributed by atoms with van der Waals surface area (Å²) >= 11 is 6.24. The molecule has 32 heavy (non-hydrogen) atoms. The van der Waals surface area contributed by atoms with Crippen LogP contribution in [-0.4, -0.2) is 14.9 Å². The molecule has 1 aromatic heterocycles. The lowest BCUT2D eigenvalue weighted by atomic mass is 10.1. The summed E-state index contributed by atoms with van der Waals surface area (Å²) in [4.78, 5) is 22.0. The highest BCUT2D eigenvalue weighted by Gasteiger charge is 2.28. The molecule has 0 aliphatic heterocycles. The van der Waals surface area contributed by atoms with Crippen molar-refractivity contribution in [3.63, 3.8) is 0 Å². The molecular formula is C24H20ClN5O2. The van der Waals surface area contributed by atoms with Gasteiger partial charge in [-0.15, -0.1) is 0 Å². The Labute approximate surface area is 190 Å². The van der Waals surface area contributed by atoms with Crippen molar-refractivity contribution >= 4 is 34.6 Å². The summed E-state index contributed by atoms with van der Waals surface area (Å²) in [7, 11) is 0. The van der Waals surface area contributed by atoms with Crippen LogP contribution in [0.3, 0.4) is 0 Å². The van der Waals surface area contributed by atoms with Crippen molar-refractivity contribution in [3.05, 3.63) is 118 Å². The van der Waals surface area contributed by atoms with E-state index < -0.39 is 4.92 Å². The van der Waals surface area contributed by atoms with Crippen LogP contribution >= 0.6 is 11.6 Å². The monoisotopic (exact) mass is 445 g/mol. The van der Waals surface area contributed by atoms with Crippen LogP contribution in [-0.2, 0) is 13.1 Å². The van der Waals surface area contributed by atoms with E-state index in [-0.39, 0.29) is 17.3 Å². The summed E-state index contributed by atoms with van der Waals surface area (Å²) < 4.78 is 0. The van der Waals surface area contributed by atoms with E-state index in [1.54, 1.807) is 24.3 Å². The highest BCUT2D eigenvalue weighted by molar-refractivity contribution is 6.33. The maximum absolute atomic E-state index is 12.2. The van der Waals surface area contributed by atoms with E-state index >= 15 is 0 Å².